The van der Waals surface area contributed by atoms with E-state index >= 15 is 0 Å². The van der Waals surface area contributed by atoms with E-state index in [0.717, 1.165) is 24.9 Å². The molecule has 1 aliphatic heterocycles. The van der Waals surface area contributed by atoms with Crippen molar-refractivity contribution in [2.24, 2.45) is 22.7 Å². The van der Waals surface area contributed by atoms with Gasteiger partial charge in [0.05, 0.1) is 12.2 Å². The van der Waals surface area contributed by atoms with E-state index < -0.39 is 0 Å². The highest BCUT2D eigenvalue weighted by molar-refractivity contribution is 4.83. The third-order valence-electron chi connectivity index (χ3n) is 7.99. The minimum atomic E-state index is 0.384. The number of rotatable bonds is 7. The van der Waals surface area contributed by atoms with Crippen molar-refractivity contribution in [1.82, 2.24) is 4.90 Å². The minimum Gasteiger partial charge on any atom is -0.373 e. The number of nitrogens with zero attached hydrogens (tertiary/aromatic N) is 1. The van der Waals surface area contributed by atoms with Crippen LogP contribution in [0.15, 0.2) is 0 Å². The van der Waals surface area contributed by atoms with Gasteiger partial charge in [-0.1, -0.05) is 80.1 Å². The van der Waals surface area contributed by atoms with Crippen molar-refractivity contribution in [3.05, 3.63) is 0 Å². The first-order chi connectivity index (χ1) is 15.3. The van der Waals surface area contributed by atoms with E-state index in [4.69, 9.17) is 4.74 Å². The van der Waals surface area contributed by atoms with Crippen molar-refractivity contribution in [3.8, 4) is 0 Å². The molecule has 3 fully saturated rings. The summed E-state index contributed by atoms with van der Waals surface area (Å²) in [4.78, 5) is 2.42. The molecule has 0 aromatic heterocycles. The fraction of sp³-hybridized carbons (Fsp3) is 1.00. The Kier molecular flexibility index (Phi) is 14.2. The highest BCUT2D eigenvalue weighted by Crippen LogP contribution is 2.41. The van der Waals surface area contributed by atoms with Crippen LogP contribution in [0.4, 0.5) is 0 Å². The SMILES string of the molecule is CC(C)CC1(C)CCCCC1.CC(C)CC1(C)CCCCC1.CC(C)OC1CN(C(C)C)C1. The Morgan fingerprint density at radius 2 is 1.00 bits per heavy atom. The zero-order valence-corrected chi connectivity index (χ0v) is 24.6. The Morgan fingerprint density at radius 3 is 1.27 bits per heavy atom. The maximum atomic E-state index is 5.62. The van der Waals surface area contributed by atoms with Crippen LogP contribution in [-0.2, 0) is 4.74 Å². The first kappa shape index (κ1) is 31.0. The molecule has 3 aliphatic rings. The maximum Gasteiger partial charge on any atom is 0.0832 e. The first-order valence-corrected chi connectivity index (χ1v) is 14.7. The molecule has 2 saturated carbocycles. The zero-order chi connectivity index (χ0) is 25.1. The largest absolute Gasteiger partial charge is 0.373 e. The average Bonchev–Trinajstić information content (AvgIpc) is 2.64. The third-order valence-corrected chi connectivity index (χ3v) is 7.99. The Balaban J connectivity index is 0.000000247. The van der Waals surface area contributed by atoms with Crippen LogP contribution in [0.3, 0.4) is 0 Å². The Labute approximate surface area is 210 Å². The van der Waals surface area contributed by atoms with Gasteiger partial charge < -0.3 is 4.74 Å². The summed E-state index contributed by atoms with van der Waals surface area (Å²) in [5, 5.41) is 0. The number of ether oxygens (including phenoxy) is 1. The molecule has 1 heterocycles. The summed E-state index contributed by atoms with van der Waals surface area (Å²) in [6.07, 6.45) is 18.5. The molecule has 0 spiro atoms. The molecule has 1 saturated heterocycles. The van der Waals surface area contributed by atoms with Gasteiger partial charge in [-0.25, -0.2) is 0 Å². The number of hydrogen-bond donors (Lipinski definition) is 0. The summed E-state index contributed by atoms with van der Waals surface area (Å²) in [6, 6.07) is 0.682. The summed E-state index contributed by atoms with van der Waals surface area (Å²) in [5.74, 6) is 1.77. The molecular weight excluding hydrogens is 402 g/mol. The van der Waals surface area contributed by atoms with Crippen LogP contribution in [0.5, 0.6) is 0 Å². The van der Waals surface area contributed by atoms with Crippen LogP contribution in [0.25, 0.3) is 0 Å². The van der Waals surface area contributed by atoms with Gasteiger partial charge in [0, 0.05) is 19.1 Å². The lowest BCUT2D eigenvalue weighted by atomic mass is 9.71. The highest BCUT2D eigenvalue weighted by Gasteiger charge is 2.30. The maximum absolute atomic E-state index is 5.62. The second-order valence-electron chi connectivity index (χ2n) is 13.8. The van der Waals surface area contributed by atoms with Crippen LogP contribution >= 0.6 is 0 Å². The molecule has 2 aliphatic carbocycles. The first-order valence-electron chi connectivity index (χ1n) is 14.7. The summed E-state index contributed by atoms with van der Waals surface area (Å²) >= 11 is 0. The topological polar surface area (TPSA) is 12.5 Å². The molecule has 0 atom stereocenters. The normalized spacial score (nSPS) is 23.1. The van der Waals surface area contributed by atoms with Gasteiger partial charge in [0.15, 0.2) is 0 Å². The number of hydrogen-bond acceptors (Lipinski definition) is 2. The molecular formula is C31H63NO. The van der Waals surface area contributed by atoms with Gasteiger partial charge in [-0.05, 0) is 88.9 Å². The van der Waals surface area contributed by atoms with Crippen molar-refractivity contribution < 1.29 is 4.74 Å². The van der Waals surface area contributed by atoms with Crippen molar-refractivity contribution in [3.63, 3.8) is 0 Å². The second kappa shape index (κ2) is 15.1. The van der Waals surface area contributed by atoms with E-state index in [1.54, 1.807) is 0 Å². The van der Waals surface area contributed by atoms with Gasteiger partial charge >= 0.3 is 0 Å². The van der Waals surface area contributed by atoms with Gasteiger partial charge in [-0.15, -0.1) is 0 Å². The Hall–Kier alpha value is -0.0800. The fourth-order valence-electron chi connectivity index (χ4n) is 6.55. The van der Waals surface area contributed by atoms with E-state index in [1.165, 1.54) is 77.0 Å². The second-order valence-corrected chi connectivity index (χ2v) is 13.8. The lowest BCUT2D eigenvalue weighted by molar-refractivity contribution is -0.0903. The van der Waals surface area contributed by atoms with Crippen molar-refractivity contribution >= 4 is 0 Å². The van der Waals surface area contributed by atoms with E-state index in [9.17, 15) is 0 Å². The van der Waals surface area contributed by atoms with E-state index in [0.29, 0.717) is 29.1 Å². The fourth-order valence-corrected chi connectivity index (χ4v) is 6.55. The predicted octanol–water partition coefficient (Wildman–Crippen LogP) is 9.51. The van der Waals surface area contributed by atoms with Crippen molar-refractivity contribution in [2.45, 2.75) is 165 Å². The van der Waals surface area contributed by atoms with Gasteiger partial charge in [0.2, 0.25) is 0 Å². The van der Waals surface area contributed by atoms with Crippen molar-refractivity contribution in [2.75, 3.05) is 13.1 Å². The zero-order valence-electron chi connectivity index (χ0n) is 24.6. The van der Waals surface area contributed by atoms with Crippen LogP contribution < -0.4 is 0 Å². The number of likely N-dealkylation sites (tertiary alicyclic amines) is 1. The third kappa shape index (κ3) is 13.6. The quantitative estimate of drug-likeness (QED) is 0.371. The molecule has 198 valence electrons. The molecule has 0 amide bonds. The molecule has 2 nitrogen and oxygen atoms in total. The summed E-state index contributed by atoms with van der Waals surface area (Å²) in [7, 11) is 0. The van der Waals surface area contributed by atoms with Crippen LogP contribution in [-0.4, -0.2) is 36.2 Å². The van der Waals surface area contributed by atoms with E-state index in [2.05, 4.69) is 74.1 Å². The molecule has 2 heteroatoms. The monoisotopic (exact) mass is 465 g/mol. The molecule has 0 unspecified atom stereocenters. The van der Waals surface area contributed by atoms with Crippen LogP contribution in [0.2, 0.25) is 0 Å². The highest BCUT2D eigenvalue weighted by atomic mass is 16.5. The van der Waals surface area contributed by atoms with Gasteiger partial charge in [0.1, 0.15) is 0 Å². The van der Waals surface area contributed by atoms with Crippen LogP contribution in [0.1, 0.15) is 146 Å². The lowest BCUT2D eigenvalue weighted by Gasteiger charge is -2.42. The smallest absolute Gasteiger partial charge is 0.0832 e. The van der Waals surface area contributed by atoms with Gasteiger partial charge in [0.25, 0.3) is 0 Å². The Bertz CT molecular complexity index is 447. The van der Waals surface area contributed by atoms with E-state index in [1.807, 2.05) is 0 Å². The van der Waals surface area contributed by atoms with Gasteiger partial charge in [-0.2, -0.15) is 0 Å². The standard InChI is InChI=1S/2C11H22.C9H19NO/c2*1-10(2)9-11(3)7-5-4-6-8-11;1-7(2)10-5-9(6-10)11-8(3)4/h2*10H,4-9H2,1-3H3;7-9H,5-6H2,1-4H3. The molecule has 3 rings (SSSR count). The molecule has 0 radical (unpaired) electrons. The van der Waals surface area contributed by atoms with Crippen molar-refractivity contribution in [1.29, 1.82) is 0 Å². The lowest BCUT2D eigenvalue weighted by Crippen LogP contribution is -2.55. The summed E-state index contributed by atoms with van der Waals surface area (Å²) in [6.45, 7) is 25.2. The summed E-state index contributed by atoms with van der Waals surface area (Å²) < 4.78 is 5.62. The Morgan fingerprint density at radius 1 is 0.636 bits per heavy atom. The molecule has 0 aromatic rings. The molecule has 0 N–H and O–H groups in total. The molecule has 0 aromatic carbocycles. The minimum absolute atomic E-state index is 0.384. The summed E-state index contributed by atoms with van der Waals surface area (Å²) in [5.41, 5.74) is 1.40. The van der Waals surface area contributed by atoms with E-state index in [-0.39, 0.29) is 0 Å². The average molecular weight is 466 g/mol. The predicted molar refractivity (Wildman–Crippen MR) is 148 cm³/mol. The molecule has 33 heavy (non-hydrogen) atoms. The van der Waals surface area contributed by atoms with Crippen LogP contribution in [0, 0.1) is 22.7 Å². The molecule has 0 bridgehead atoms. The van der Waals surface area contributed by atoms with Gasteiger partial charge in [-0.3, -0.25) is 4.90 Å².